The second-order valence-corrected chi connectivity index (χ2v) is 11.8. The summed E-state index contributed by atoms with van der Waals surface area (Å²) in [6, 6.07) is 15.6. The maximum atomic E-state index is 14.0. The molecule has 226 valence electrons. The molecule has 0 saturated carbocycles. The number of halogens is 3. The maximum Gasteiger partial charge on any atom is 0.416 e. The zero-order valence-corrected chi connectivity index (χ0v) is 23.4. The van der Waals surface area contributed by atoms with Crippen LogP contribution in [0.5, 0.6) is 0 Å². The highest BCUT2D eigenvalue weighted by atomic mass is 32.2. The van der Waals surface area contributed by atoms with Crippen molar-refractivity contribution < 1.29 is 26.4 Å². The Hall–Kier alpha value is -5.38. The van der Waals surface area contributed by atoms with E-state index in [-0.39, 0.29) is 28.8 Å². The van der Waals surface area contributed by atoms with Crippen molar-refractivity contribution in [1.82, 2.24) is 20.2 Å². The number of nitrogens with two attached hydrogens (primary N) is 1. The molecule has 1 unspecified atom stereocenters. The van der Waals surface area contributed by atoms with Crippen molar-refractivity contribution in [2.24, 2.45) is 0 Å². The topological polar surface area (TPSA) is 171 Å². The number of sulfonamides is 1. The van der Waals surface area contributed by atoms with Crippen LogP contribution in [0.3, 0.4) is 0 Å². The van der Waals surface area contributed by atoms with Gasteiger partial charge in [-0.05, 0) is 60.5 Å². The maximum absolute atomic E-state index is 14.0. The number of amides is 2. The summed E-state index contributed by atoms with van der Waals surface area (Å²) in [5, 5.41) is 15.6. The van der Waals surface area contributed by atoms with E-state index in [1.165, 1.54) is 28.6 Å². The molecular weight excluding hydrogens is 599 g/mol. The number of anilines is 5. The number of rotatable bonds is 6. The Morgan fingerprint density at radius 1 is 0.977 bits per heavy atom. The van der Waals surface area contributed by atoms with Crippen LogP contribution in [-0.2, 0) is 22.6 Å². The molecule has 3 aromatic carbocycles. The molecule has 3 heterocycles. The number of H-pyrrole nitrogens is 1. The lowest BCUT2D eigenvalue weighted by Crippen LogP contribution is -2.45. The van der Waals surface area contributed by atoms with Crippen molar-refractivity contribution in [2.45, 2.75) is 23.5 Å². The van der Waals surface area contributed by atoms with Gasteiger partial charge >= 0.3 is 12.2 Å². The van der Waals surface area contributed by atoms with Crippen molar-refractivity contribution >= 4 is 55.9 Å². The van der Waals surface area contributed by atoms with Gasteiger partial charge in [0.25, 0.3) is 10.0 Å². The third-order valence-electron chi connectivity index (χ3n) is 6.93. The summed E-state index contributed by atoms with van der Waals surface area (Å²) in [5.74, 6) is 0.435. The van der Waals surface area contributed by atoms with Crippen LogP contribution in [0.25, 0.3) is 11.0 Å². The monoisotopic (exact) mass is 623 g/mol. The number of urea groups is 1. The van der Waals surface area contributed by atoms with E-state index in [9.17, 15) is 26.4 Å². The summed E-state index contributed by atoms with van der Waals surface area (Å²) >= 11 is 0. The normalized spacial score (nSPS) is 15.1. The Bertz CT molecular complexity index is 1960. The third kappa shape index (κ3) is 5.78. The molecule has 6 N–H and O–H groups in total. The summed E-state index contributed by atoms with van der Waals surface area (Å²) in [4.78, 5) is 20.9. The van der Waals surface area contributed by atoms with Gasteiger partial charge in [0.05, 0.1) is 40.3 Å². The fourth-order valence-electron chi connectivity index (χ4n) is 4.93. The average Bonchev–Trinajstić information content (AvgIpc) is 3.45. The zero-order valence-electron chi connectivity index (χ0n) is 22.6. The fourth-order valence-corrected chi connectivity index (χ4v) is 6.53. The Labute approximate surface area is 248 Å². The molecule has 1 aliphatic rings. The second kappa shape index (κ2) is 11.0. The Morgan fingerprint density at radius 3 is 2.50 bits per heavy atom. The van der Waals surface area contributed by atoms with Gasteiger partial charge in [-0.1, -0.05) is 24.3 Å². The summed E-state index contributed by atoms with van der Waals surface area (Å²) in [5.41, 5.74) is 7.03. The quantitative estimate of drug-likeness (QED) is 0.179. The van der Waals surface area contributed by atoms with Crippen molar-refractivity contribution in [3.05, 3.63) is 90.1 Å². The molecule has 1 aliphatic heterocycles. The first kappa shape index (κ1) is 28.7. The van der Waals surface area contributed by atoms with Crippen LogP contribution in [0.1, 0.15) is 11.1 Å². The lowest BCUT2D eigenvalue weighted by molar-refractivity contribution is -0.137. The Morgan fingerprint density at radius 2 is 1.73 bits per heavy atom. The van der Waals surface area contributed by atoms with E-state index in [4.69, 9.17) is 5.73 Å². The van der Waals surface area contributed by atoms with Crippen molar-refractivity contribution in [3.63, 3.8) is 0 Å². The van der Waals surface area contributed by atoms with E-state index in [1.54, 1.807) is 18.3 Å². The Kier molecular flexibility index (Phi) is 7.20. The van der Waals surface area contributed by atoms with Gasteiger partial charge in [0, 0.05) is 11.4 Å². The first-order valence-corrected chi connectivity index (χ1v) is 14.6. The molecule has 16 heteroatoms. The smallest absolute Gasteiger partial charge is 0.368 e. The SMILES string of the molecule is Nc1nc(NC2Cc3ccccc3N(S(=O)(=O)c3cccc(NC(=O)Nc4ccc(C(F)(F)F)cc4)c3)C2)c2cn[nH]c2n1. The summed E-state index contributed by atoms with van der Waals surface area (Å²) in [6.07, 6.45) is -2.46. The predicted octanol–water partition coefficient (Wildman–Crippen LogP) is 4.83. The molecule has 12 nitrogen and oxygen atoms in total. The van der Waals surface area contributed by atoms with Crippen LogP contribution in [0.4, 0.5) is 46.8 Å². The number of nitrogen functional groups attached to an aromatic ring is 1. The molecular formula is C28H24F3N9O3S. The molecule has 5 aromatic rings. The van der Waals surface area contributed by atoms with E-state index < -0.39 is 33.8 Å². The molecule has 0 saturated heterocycles. The van der Waals surface area contributed by atoms with Gasteiger partial charge in [-0.25, -0.2) is 13.2 Å². The van der Waals surface area contributed by atoms with Gasteiger partial charge in [-0.2, -0.15) is 28.2 Å². The van der Waals surface area contributed by atoms with E-state index in [0.29, 0.717) is 29.0 Å². The number of aromatic nitrogens is 4. The van der Waals surface area contributed by atoms with Crippen LogP contribution in [0.15, 0.2) is 83.9 Å². The molecule has 2 amide bonds. The van der Waals surface area contributed by atoms with Gasteiger partial charge < -0.3 is 21.7 Å². The molecule has 0 aliphatic carbocycles. The minimum atomic E-state index is -4.51. The number of nitrogens with one attached hydrogen (secondary N) is 4. The number of hydrogen-bond donors (Lipinski definition) is 5. The average molecular weight is 624 g/mol. The highest BCUT2D eigenvalue weighted by Crippen LogP contribution is 2.34. The lowest BCUT2D eigenvalue weighted by Gasteiger charge is -2.36. The van der Waals surface area contributed by atoms with E-state index in [1.807, 2.05) is 12.1 Å². The van der Waals surface area contributed by atoms with Gasteiger partial charge in [0.2, 0.25) is 5.95 Å². The third-order valence-corrected chi connectivity index (χ3v) is 8.71. The highest BCUT2D eigenvalue weighted by Gasteiger charge is 2.34. The number of para-hydroxylation sites is 1. The summed E-state index contributed by atoms with van der Waals surface area (Å²) in [7, 11) is -4.14. The number of carbonyl (C=O) groups excluding carboxylic acids is 1. The minimum Gasteiger partial charge on any atom is -0.368 e. The fraction of sp³-hybridized carbons (Fsp3) is 0.143. The summed E-state index contributed by atoms with van der Waals surface area (Å²) in [6.45, 7) is 0.0503. The molecule has 2 aromatic heterocycles. The van der Waals surface area contributed by atoms with Crippen LogP contribution in [0, 0.1) is 0 Å². The summed E-state index contributed by atoms with van der Waals surface area (Å²) < 4.78 is 67.8. The molecule has 0 bridgehead atoms. The zero-order chi connectivity index (χ0) is 31.1. The Balaban J connectivity index is 1.23. The van der Waals surface area contributed by atoms with Crippen LogP contribution < -0.4 is 26.0 Å². The molecule has 0 radical (unpaired) electrons. The number of fused-ring (bicyclic) bond motifs is 2. The van der Waals surface area contributed by atoms with Crippen LogP contribution in [-0.4, -0.2) is 47.2 Å². The first-order valence-electron chi connectivity index (χ1n) is 13.2. The van der Waals surface area contributed by atoms with Crippen molar-refractivity contribution in [2.75, 3.05) is 32.5 Å². The van der Waals surface area contributed by atoms with Gasteiger partial charge in [-0.15, -0.1) is 0 Å². The lowest BCUT2D eigenvalue weighted by atomic mass is 9.99. The van der Waals surface area contributed by atoms with Gasteiger partial charge in [0.15, 0.2) is 5.65 Å². The van der Waals surface area contributed by atoms with Crippen LogP contribution in [0.2, 0.25) is 0 Å². The number of alkyl halides is 3. The van der Waals surface area contributed by atoms with Gasteiger partial charge in [-0.3, -0.25) is 9.40 Å². The first-order chi connectivity index (χ1) is 21.0. The molecule has 0 spiro atoms. The van der Waals surface area contributed by atoms with E-state index in [2.05, 4.69) is 36.1 Å². The van der Waals surface area contributed by atoms with Crippen molar-refractivity contribution in [3.8, 4) is 0 Å². The standard InChI is InChI=1S/C28H24F3N9O3S/c29-28(30,31)17-8-10-18(11-9-17)35-27(41)36-19-5-3-6-21(13-19)44(42,43)40-15-20(12-16-4-1-2-7-23(16)40)34-24-22-14-33-39-25(22)38-26(32)37-24/h1-11,13-14,20H,12,15H2,(H2,35,36,41)(H4,32,33,34,37,38,39). The molecule has 0 fully saturated rings. The molecule has 44 heavy (non-hydrogen) atoms. The van der Waals surface area contributed by atoms with E-state index >= 15 is 0 Å². The number of carbonyl (C=O) groups is 1. The van der Waals surface area contributed by atoms with Crippen LogP contribution >= 0.6 is 0 Å². The number of nitrogens with zero attached hydrogens (tertiary/aromatic N) is 4. The number of hydrogen-bond acceptors (Lipinski definition) is 8. The predicted molar refractivity (Wildman–Crippen MR) is 159 cm³/mol. The molecule has 1 atom stereocenters. The number of benzene rings is 3. The minimum absolute atomic E-state index is 0.0246. The number of aromatic amines is 1. The van der Waals surface area contributed by atoms with Crippen molar-refractivity contribution in [1.29, 1.82) is 0 Å². The molecule has 6 rings (SSSR count). The largest absolute Gasteiger partial charge is 0.416 e. The van der Waals surface area contributed by atoms with E-state index in [0.717, 1.165) is 29.8 Å². The highest BCUT2D eigenvalue weighted by molar-refractivity contribution is 7.92. The second-order valence-electron chi connectivity index (χ2n) is 9.96. The van der Waals surface area contributed by atoms with Gasteiger partial charge in [0.1, 0.15) is 5.82 Å².